The molecule has 0 saturated heterocycles. The number of sulfonamides is 1. The summed E-state index contributed by atoms with van der Waals surface area (Å²) in [5, 5.41) is 4.25. The SMILES string of the molecule is Cc1nc(C)c(S(=O)(=O)NCCNC2CCCCCC2)s1.Cl. The Bertz CT molecular complexity index is 552. The van der Waals surface area contributed by atoms with Crippen LogP contribution < -0.4 is 10.0 Å². The van der Waals surface area contributed by atoms with Crippen LogP contribution in [0.15, 0.2) is 4.21 Å². The lowest BCUT2D eigenvalue weighted by molar-refractivity contribution is 0.461. The van der Waals surface area contributed by atoms with Crippen LogP contribution in [0.4, 0.5) is 0 Å². The molecule has 1 heterocycles. The molecule has 0 aromatic carbocycles. The minimum absolute atomic E-state index is 0. The molecule has 1 aromatic heterocycles. The van der Waals surface area contributed by atoms with Gasteiger partial charge in [-0.05, 0) is 26.7 Å². The second-order valence-electron chi connectivity index (χ2n) is 5.65. The predicted octanol–water partition coefficient (Wildman–Crippen LogP) is 2.77. The molecular formula is C14H26ClN3O2S2. The van der Waals surface area contributed by atoms with E-state index in [-0.39, 0.29) is 12.4 Å². The first-order valence-electron chi connectivity index (χ1n) is 7.66. The summed E-state index contributed by atoms with van der Waals surface area (Å²) < 4.78 is 27.4. The van der Waals surface area contributed by atoms with Crippen LogP contribution in [0.3, 0.4) is 0 Å². The van der Waals surface area contributed by atoms with Gasteiger partial charge in [0.15, 0.2) is 4.21 Å². The molecule has 0 atom stereocenters. The van der Waals surface area contributed by atoms with Gasteiger partial charge in [0, 0.05) is 19.1 Å². The van der Waals surface area contributed by atoms with Gasteiger partial charge in [-0.2, -0.15) is 0 Å². The van der Waals surface area contributed by atoms with E-state index >= 15 is 0 Å². The minimum Gasteiger partial charge on any atom is -0.313 e. The normalized spacial score (nSPS) is 17.0. The predicted molar refractivity (Wildman–Crippen MR) is 93.5 cm³/mol. The van der Waals surface area contributed by atoms with Crippen LogP contribution in [0.5, 0.6) is 0 Å². The summed E-state index contributed by atoms with van der Waals surface area (Å²) in [5.74, 6) is 0. The lowest BCUT2D eigenvalue weighted by Gasteiger charge is -2.16. The highest BCUT2D eigenvalue weighted by Gasteiger charge is 2.20. The first-order valence-corrected chi connectivity index (χ1v) is 9.96. The van der Waals surface area contributed by atoms with Crippen molar-refractivity contribution in [1.29, 1.82) is 0 Å². The highest BCUT2D eigenvalue weighted by molar-refractivity contribution is 7.91. The summed E-state index contributed by atoms with van der Waals surface area (Å²) in [6, 6.07) is 0.546. The standard InChI is InChI=1S/C14H25N3O2S2.ClH/c1-11-14(20-12(2)17-11)21(18,19)16-10-9-15-13-7-5-3-4-6-8-13;/h13,15-16H,3-10H2,1-2H3;1H. The third-order valence-corrected chi connectivity index (χ3v) is 6.95. The molecule has 1 aromatic rings. The summed E-state index contributed by atoms with van der Waals surface area (Å²) in [7, 11) is -3.41. The maximum absolute atomic E-state index is 12.2. The maximum Gasteiger partial charge on any atom is 0.251 e. The first kappa shape index (κ1) is 19.8. The Morgan fingerprint density at radius 1 is 1.14 bits per heavy atom. The van der Waals surface area contributed by atoms with Crippen molar-refractivity contribution in [2.24, 2.45) is 0 Å². The number of aromatic nitrogens is 1. The number of thiazole rings is 1. The average Bonchev–Trinajstić information content (AvgIpc) is 2.65. The zero-order chi connectivity index (χ0) is 15.3. The average molecular weight is 368 g/mol. The highest BCUT2D eigenvalue weighted by atomic mass is 35.5. The van der Waals surface area contributed by atoms with Gasteiger partial charge >= 0.3 is 0 Å². The third kappa shape index (κ3) is 5.77. The Kier molecular flexibility index (Phi) is 8.27. The first-order chi connectivity index (χ1) is 9.99. The lowest BCUT2D eigenvalue weighted by Crippen LogP contribution is -2.36. The van der Waals surface area contributed by atoms with Crippen LogP contribution in [0, 0.1) is 13.8 Å². The van der Waals surface area contributed by atoms with Crippen LogP contribution in [0.2, 0.25) is 0 Å². The van der Waals surface area contributed by atoms with Gasteiger partial charge in [-0.3, -0.25) is 0 Å². The Labute approximate surface area is 143 Å². The van der Waals surface area contributed by atoms with Crippen LogP contribution in [-0.2, 0) is 10.0 Å². The van der Waals surface area contributed by atoms with E-state index in [0.29, 0.717) is 29.0 Å². The van der Waals surface area contributed by atoms with E-state index in [9.17, 15) is 8.42 Å². The van der Waals surface area contributed by atoms with E-state index in [4.69, 9.17) is 0 Å². The summed E-state index contributed by atoms with van der Waals surface area (Å²) in [6.45, 7) is 4.67. The topological polar surface area (TPSA) is 71.1 Å². The van der Waals surface area contributed by atoms with E-state index in [1.165, 1.54) is 49.9 Å². The van der Waals surface area contributed by atoms with Gasteiger partial charge in [0.1, 0.15) is 0 Å². The second kappa shape index (κ2) is 9.17. The van der Waals surface area contributed by atoms with Gasteiger partial charge in [0.05, 0.1) is 10.7 Å². The summed E-state index contributed by atoms with van der Waals surface area (Å²) in [4.78, 5) is 4.17. The quantitative estimate of drug-likeness (QED) is 0.599. The number of aryl methyl sites for hydroxylation is 2. The van der Waals surface area contributed by atoms with Crippen LogP contribution in [-0.4, -0.2) is 32.5 Å². The Morgan fingerprint density at radius 3 is 2.32 bits per heavy atom. The molecule has 128 valence electrons. The van der Waals surface area contributed by atoms with Crippen molar-refractivity contribution >= 4 is 33.8 Å². The molecule has 0 bridgehead atoms. The molecule has 1 aliphatic carbocycles. The third-order valence-electron chi connectivity index (χ3n) is 3.81. The molecule has 1 fully saturated rings. The number of nitrogens with one attached hydrogen (secondary N) is 2. The van der Waals surface area contributed by atoms with E-state index in [2.05, 4.69) is 15.0 Å². The Balaban J connectivity index is 0.00000242. The number of rotatable bonds is 6. The van der Waals surface area contributed by atoms with Crippen LogP contribution >= 0.6 is 23.7 Å². The molecular weight excluding hydrogens is 342 g/mol. The summed E-state index contributed by atoms with van der Waals surface area (Å²) >= 11 is 1.23. The van der Waals surface area contributed by atoms with E-state index in [1.54, 1.807) is 6.92 Å². The van der Waals surface area contributed by atoms with Crippen molar-refractivity contribution in [2.45, 2.75) is 62.6 Å². The van der Waals surface area contributed by atoms with Crippen molar-refractivity contribution in [1.82, 2.24) is 15.0 Å². The maximum atomic E-state index is 12.2. The van der Waals surface area contributed by atoms with Crippen molar-refractivity contribution in [3.63, 3.8) is 0 Å². The molecule has 8 heteroatoms. The Hall–Kier alpha value is -0.210. The van der Waals surface area contributed by atoms with Gasteiger partial charge in [0.2, 0.25) is 0 Å². The van der Waals surface area contributed by atoms with E-state index in [0.717, 1.165) is 5.01 Å². The molecule has 1 aliphatic rings. The van der Waals surface area contributed by atoms with Crippen molar-refractivity contribution in [3.8, 4) is 0 Å². The van der Waals surface area contributed by atoms with E-state index < -0.39 is 10.0 Å². The van der Waals surface area contributed by atoms with Gasteiger partial charge in [-0.25, -0.2) is 18.1 Å². The van der Waals surface area contributed by atoms with Crippen molar-refractivity contribution in [2.75, 3.05) is 13.1 Å². The smallest absolute Gasteiger partial charge is 0.251 e. The molecule has 0 unspecified atom stereocenters. The van der Waals surface area contributed by atoms with Gasteiger partial charge < -0.3 is 5.32 Å². The monoisotopic (exact) mass is 367 g/mol. The number of hydrogen-bond donors (Lipinski definition) is 2. The molecule has 5 nitrogen and oxygen atoms in total. The summed E-state index contributed by atoms with van der Waals surface area (Å²) in [5.41, 5.74) is 0.585. The lowest BCUT2D eigenvalue weighted by atomic mass is 10.1. The van der Waals surface area contributed by atoms with Crippen LogP contribution in [0.25, 0.3) is 0 Å². The van der Waals surface area contributed by atoms with Crippen LogP contribution in [0.1, 0.15) is 49.2 Å². The highest BCUT2D eigenvalue weighted by Crippen LogP contribution is 2.22. The fourth-order valence-electron chi connectivity index (χ4n) is 2.77. The molecule has 2 rings (SSSR count). The summed E-state index contributed by atoms with van der Waals surface area (Å²) in [6.07, 6.45) is 7.63. The fraction of sp³-hybridized carbons (Fsp3) is 0.786. The zero-order valence-corrected chi connectivity index (χ0v) is 15.7. The van der Waals surface area contributed by atoms with Crippen molar-refractivity contribution < 1.29 is 8.42 Å². The molecule has 0 aliphatic heterocycles. The Morgan fingerprint density at radius 2 is 1.77 bits per heavy atom. The largest absolute Gasteiger partial charge is 0.313 e. The van der Waals surface area contributed by atoms with Crippen molar-refractivity contribution in [3.05, 3.63) is 10.7 Å². The van der Waals surface area contributed by atoms with Gasteiger partial charge in [-0.1, -0.05) is 25.7 Å². The number of halogens is 1. The minimum atomic E-state index is -3.41. The number of nitrogens with zero attached hydrogens (tertiary/aromatic N) is 1. The van der Waals surface area contributed by atoms with Gasteiger partial charge in [-0.15, -0.1) is 23.7 Å². The zero-order valence-electron chi connectivity index (χ0n) is 13.2. The molecule has 0 spiro atoms. The molecule has 22 heavy (non-hydrogen) atoms. The molecule has 0 amide bonds. The van der Waals surface area contributed by atoms with Gasteiger partial charge in [0.25, 0.3) is 10.0 Å². The second-order valence-corrected chi connectivity index (χ2v) is 8.81. The molecule has 2 N–H and O–H groups in total. The fourth-order valence-corrected chi connectivity index (χ4v) is 5.33. The molecule has 0 radical (unpaired) electrons. The number of hydrogen-bond acceptors (Lipinski definition) is 5. The van der Waals surface area contributed by atoms with E-state index in [1.807, 2.05) is 6.92 Å². The molecule has 1 saturated carbocycles.